The monoisotopic (exact) mass is 508 g/mol. The van der Waals surface area contributed by atoms with E-state index in [1.165, 1.54) is 7.11 Å². The molecule has 37 heavy (non-hydrogen) atoms. The quantitative estimate of drug-likeness (QED) is 0.308. The molecule has 0 radical (unpaired) electrons. The molecule has 0 atom stereocenters. The van der Waals surface area contributed by atoms with Crippen molar-refractivity contribution >= 4 is 27.5 Å². The minimum Gasteiger partial charge on any atom is -0.496 e. The number of hydrogen-bond acceptors (Lipinski definition) is 7. The van der Waals surface area contributed by atoms with Crippen molar-refractivity contribution in [1.82, 2.24) is 0 Å². The smallest absolute Gasteiger partial charge is 0.337 e. The van der Waals surface area contributed by atoms with E-state index in [0.29, 0.717) is 11.3 Å². The van der Waals surface area contributed by atoms with Crippen molar-refractivity contribution in [3.05, 3.63) is 70.8 Å². The zero-order valence-electron chi connectivity index (χ0n) is 21.7. The lowest BCUT2D eigenvalue weighted by atomic mass is 10.0. The number of rotatable bonds is 6. The van der Waals surface area contributed by atoms with Crippen molar-refractivity contribution in [3.8, 4) is 23.0 Å². The van der Waals surface area contributed by atoms with Gasteiger partial charge >= 0.3 is 5.97 Å². The first-order valence-corrected chi connectivity index (χ1v) is 11.3. The molecule has 7 heteroatoms. The van der Waals surface area contributed by atoms with Crippen LogP contribution in [0.4, 0.5) is 0 Å². The van der Waals surface area contributed by atoms with Crippen LogP contribution < -0.4 is 18.9 Å². The van der Waals surface area contributed by atoms with Crippen LogP contribution in [0.25, 0.3) is 21.5 Å². The highest BCUT2D eigenvalue weighted by Gasteiger charge is 2.14. The first-order chi connectivity index (χ1) is 17.3. The third-order valence-electron chi connectivity index (χ3n) is 5.99. The van der Waals surface area contributed by atoms with Crippen LogP contribution in [-0.4, -0.2) is 46.6 Å². The van der Waals surface area contributed by atoms with E-state index in [9.17, 15) is 4.79 Å². The highest BCUT2D eigenvalue weighted by Crippen LogP contribution is 2.38. The van der Waals surface area contributed by atoms with Gasteiger partial charge in [-0.3, -0.25) is 0 Å². The number of ether oxygens (including phenoxy) is 5. The van der Waals surface area contributed by atoms with Gasteiger partial charge in [0.25, 0.3) is 0 Å². The fourth-order valence-electron chi connectivity index (χ4n) is 4.27. The Balaban J connectivity index is 0.000000255. The number of aryl methyl sites for hydroxylation is 2. The largest absolute Gasteiger partial charge is 0.496 e. The predicted octanol–water partition coefficient (Wildman–Crippen LogP) is 6.25. The van der Waals surface area contributed by atoms with E-state index in [0.717, 1.165) is 55.5 Å². The molecule has 0 aliphatic carbocycles. The zero-order chi connectivity index (χ0) is 26.4. The zero-order valence-corrected chi connectivity index (χ0v) is 21.7. The second-order valence-corrected chi connectivity index (χ2v) is 8.15. The molecule has 0 aliphatic heterocycles. The summed E-state index contributed by atoms with van der Waals surface area (Å²) in [6.45, 7) is 3.96. The lowest BCUT2D eigenvalue weighted by Crippen LogP contribution is -2.01. The maximum Gasteiger partial charge on any atom is 0.337 e. The lowest BCUT2D eigenvalue weighted by molar-refractivity contribution is 0.0601. The molecule has 4 aromatic carbocycles. The van der Waals surface area contributed by atoms with E-state index in [1.807, 2.05) is 50.2 Å². The molecule has 0 saturated heterocycles. The van der Waals surface area contributed by atoms with Gasteiger partial charge in [-0.25, -0.2) is 4.79 Å². The normalized spacial score (nSPS) is 10.2. The summed E-state index contributed by atoms with van der Waals surface area (Å²) in [7, 11) is 7.90. The Labute approximate surface area is 218 Å². The van der Waals surface area contributed by atoms with Crippen LogP contribution in [0.5, 0.6) is 23.0 Å². The Kier molecular flexibility index (Phi) is 10.1. The molecule has 0 bridgehead atoms. The van der Waals surface area contributed by atoms with Crippen LogP contribution in [0.1, 0.15) is 34.5 Å². The van der Waals surface area contributed by atoms with Gasteiger partial charge in [-0.15, -0.1) is 0 Å². The predicted molar refractivity (Wildman–Crippen MR) is 148 cm³/mol. The molecule has 0 aromatic heterocycles. The summed E-state index contributed by atoms with van der Waals surface area (Å²) in [6.07, 6.45) is 0. The Bertz CT molecular complexity index is 1390. The minimum absolute atomic E-state index is 0. The summed E-state index contributed by atoms with van der Waals surface area (Å²) in [6, 6.07) is 14.9. The van der Waals surface area contributed by atoms with Crippen LogP contribution in [0.3, 0.4) is 0 Å². The highest BCUT2D eigenvalue weighted by molar-refractivity contribution is 6.00. The van der Waals surface area contributed by atoms with Gasteiger partial charge in [0.2, 0.25) is 0 Å². The Morgan fingerprint density at radius 2 is 1.16 bits per heavy atom. The molecule has 0 saturated carbocycles. The molecular weight excluding hydrogens is 472 g/mol. The molecule has 4 rings (SSSR count). The number of esters is 1. The van der Waals surface area contributed by atoms with E-state index in [2.05, 4.69) is 0 Å². The van der Waals surface area contributed by atoms with E-state index < -0.39 is 0 Å². The molecule has 0 heterocycles. The summed E-state index contributed by atoms with van der Waals surface area (Å²) in [5.41, 5.74) is 3.37. The Hall–Kier alpha value is -3.97. The fourth-order valence-corrected chi connectivity index (χ4v) is 4.27. The van der Waals surface area contributed by atoms with E-state index in [-0.39, 0.29) is 20.0 Å². The highest BCUT2D eigenvalue weighted by atomic mass is 16.5. The van der Waals surface area contributed by atoms with Gasteiger partial charge in [-0.2, -0.15) is 0 Å². The molecule has 0 amide bonds. The second kappa shape index (κ2) is 12.8. The minimum atomic E-state index is -0.372. The van der Waals surface area contributed by atoms with Crippen LogP contribution in [-0.2, 0) is 11.3 Å². The van der Waals surface area contributed by atoms with Crippen molar-refractivity contribution in [2.45, 2.75) is 27.9 Å². The van der Waals surface area contributed by atoms with Gasteiger partial charge in [0, 0.05) is 21.5 Å². The number of benzene rings is 4. The number of aliphatic hydroxyl groups excluding tert-OH is 1. The first-order valence-electron chi connectivity index (χ1n) is 11.3. The third kappa shape index (κ3) is 5.89. The summed E-state index contributed by atoms with van der Waals surface area (Å²) in [4.78, 5) is 11.6. The Morgan fingerprint density at radius 3 is 1.59 bits per heavy atom. The summed E-state index contributed by atoms with van der Waals surface area (Å²) in [5.74, 6) is 2.77. The molecule has 0 aliphatic rings. The number of fused-ring (bicyclic) bond motifs is 2. The standard InChI is InChI=1S/C15H16O4.C14H16O3.CH4/c1-9-7-13(17-2)12-8-10(15(16)19-4)5-6-11(12)14(9)18-3;1-9-6-13(16-2)12-7-10(8-15)4-5-11(12)14(9)17-3;/h5-8H,1-4H3;4-7,15H,8H2,1-3H3;1H4. The number of carbonyl (C=O) groups is 1. The molecule has 0 fully saturated rings. The van der Waals surface area contributed by atoms with E-state index >= 15 is 0 Å². The molecule has 0 spiro atoms. The van der Waals surface area contributed by atoms with Crippen molar-refractivity contribution in [2.75, 3.05) is 35.5 Å². The average Bonchev–Trinajstić information content (AvgIpc) is 2.91. The lowest BCUT2D eigenvalue weighted by Gasteiger charge is -2.13. The maximum atomic E-state index is 11.6. The van der Waals surface area contributed by atoms with Crippen molar-refractivity contribution in [3.63, 3.8) is 0 Å². The summed E-state index contributed by atoms with van der Waals surface area (Å²) < 4.78 is 26.3. The van der Waals surface area contributed by atoms with Gasteiger partial charge in [-0.05, 0) is 66.9 Å². The van der Waals surface area contributed by atoms with Gasteiger partial charge in [-0.1, -0.05) is 19.6 Å². The first kappa shape index (κ1) is 29.3. The van der Waals surface area contributed by atoms with Crippen LogP contribution >= 0.6 is 0 Å². The number of carbonyl (C=O) groups excluding carboxylic acids is 1. The molecule has 0 unspecified atom stereocenters. The van der Waals surface area contributed by atoms with E-state index in [1.54, 1.807) is 40.6 Å². The average molecular weight is 509 g/mol. The second-order valence-electron chi connectivity index (χ2n) is 8.15. The summed E-state index contributed by atoms with van der Waals surface area (Å²) >= 11 is 0. The van der Waals surface area contributed by atoms with Crippen LogP contribution in [0.15, 0.2) is 48.5 Å². The summed E-state index contributed by atoms with van der Waals surface area (Å²) in [5, 5.41) is 12.9. The molecule has 7 nitrogen and oxygen atoms in total. The van der Waals surface area contributed by atoms with E-state index in [4.69, 9.17) is 28.8 Å². The van der Waals surface area contributed by atoms with Crippen molar-refractivity contribution in [1.29, 1.82) is 0 Å². The number of methoxy groups -OCH3 is 5. The van der Waals surface area contributed by atoms with Crippen molar-refractivity contribution < 1.29 is 33.6 Å². The van der Waals surface area contributed by atoms with Gasteiger partial charge < -0.3 is 28.8 Å². The molecule has 1 N–H and O–H groups in total. The SMILES string of the molecule is C.COC(=O)c1ccc2c(OC)c(C)cc(OC)c2c1.COc1cc(C)c(OC)c2ccc(CO)cc12. The van der Waals surface area contributed by atoms with Gasteiger partial charge in [0.05, 0.1) is 47.7 Å². The van der Waals surface area contributed by atoms with Crippen LogP contribution in [0, 0.1) is 13.8 Å². The fraction of sp³-hybridized carbons (Fsp3) is 0.300. The Morgan fingerprint density at radius 1 is 0.676 bits per heavy atom. The van der Waals surface area contributed by atoms with Gasteiger partial charge in [0.1, 0.15) is 23.0 Å². The number of aliphatic hydroxyl groups is 1. The molecule has 4 aromatic rings. The molecule has 198 valence electrons. The topological polar surface area (TPSA) is 83.5 Å². The van der Waals surface area contributed by atoms with Gasteiger partial charge in [0.15, 0.2) is 0 Å². The third-order valence-corrected chi connectivity index (χ3v) is 5.99. The number of hydrogen-bond donors (Lipinski definition) is 1. The van der Waals surface area contributed by atoms with Crippen molar-refractivity contribution in [2.24, 2.45) is 0 Å². The molecular formula is C30H36O7. The maximum absolute atomic E-state index is 11.6. The van der Waals surface area contributed by atoms with Crippen LogP contribution in [0.2, 0.25) is 0 Å².